The first-order valence-electron chi connectivity index (χ1n) is 5.10. The van der Waals surface area contributed by atoms with Gasteiger partial charge in [0.1, 0.15) is 0 Å². The fraction of sp³-hybridized carbons (Fsp3) is 0.364. The van der Waals surface area contributed by atoms with Crippen LogP contribution in [0.25, 0.3) is 0 Å². The summed E-state index contributed by atoms with van der Waals surface area (Å²) in [7, 11) is 0. The Morgan fingerprint density at radius 2 is 1.95 bits per heavy atom. The summed E-state index contributed by atoms with van der Waals surface area (Å²) in [6.07, 6.45) is 0. The van der Waals surface area contributed by atoms with Gasteiger partial charge in [-0.25, -0.2) is 22.4 Å². The average Bonchev–Trinajstić information content (AvgIpc) is 2.36. The quantitative estimate of drug-likeness (QED) is 0.402. The molecule has 1 N–H and O–H groups in total. The minimum absolute atomic E-state index is 0.241. The second-order valence-electron chi connectivity index (χ2n) is 3.48. The molecule has 0 heterocycles. The highest BCUT2D eigenvalue weighted by Gasteiger charge is 2.44. The number of carbonyl (C=O) groups is 1. The Kier molecular flexibility index (Phi) is 4.75. The van der Waals surface area contributed by atoms with Crippen molar-refractivity contribution in [3.63, 3.8) is 0 Å². The lowest BCUT2D eigenvalue weighted by atomic mass is 10.0. The number of hydrogen-bond acceptors (Lipinski definition) is 3. The van der Waals surface area contributed by atoms with E-state index >= 15 is 0 Å². The smallest absolute Gasteiger partial charge is 0.364 e. The van der Waals surface area contributed by atoms with Crippen LogP contribution in [0.1, 0.15) is 18.1 Å². The van der Waals surface area contributed by atoms with Crippen LogP contribution in [-0.2, 0) is 21.3 Å². The summed E-state index contributed by atoms with van der Waals surface area (Å²) in [5, 5.41) is 5.24. The lowest BCUT2D eigenvalue weighted by molar-refractivity contribution is -0.152. The second-order valence-corrected chi connectivity index (χ2v) is 4.00. The molecule has 3 nitrogen and oxygen atoms in total. The van der Waals surface area contributed by atoms with Gasteiger partial charge in [0.25, 0.3) is 0 Å². The minimum Gasteiger partial charge on any atom is -0.462 e. The number of ether oxygens (including phenoxy) is 1. The van der Waals surface area contributed by atoms with E-state index < -0.39 is 46.3 Å². The molecule has 0 fully saturated rings. The zero-order valence-corrected chi connectivity index (χ0v) is 10.4. The molecule has 106 valence electrons. The van der Waals surface area contributed by atoms with Crippen LogP contribution < -0.4 is 0 Å². The first-order valence-corrected chi connectivity index (χ1v) is 5.47. The van der Waals surface area contributed by atoms with Crippen molar-refractivity contribution in [1.82, 2.24) is 0 Å². The van der Waals surface area contributed by atoms with E-state index in [1.165, 1.54) is 6.92 Å². The second kappa shape index (κ2) is 5.75. The van der Waals surface area contributed by atoms with Crippen molar-refractivity contribution < 1.29 is 32.2 Å². The maximum absolute atomic E-state index is 14.0. The lowest BCUT2D eigenvalue weighted by Gasteiger charge is -2.18. The van der Waals surface area contributed by atoms with E-state index in [1.54, 1.807) is 0 Å². The Morgan fingerprint density at radius 1 is 1.37 bits per heavy atom. The van der Waals surface area contributed by atoms with Crippen LogP contribution in [-0.4, -0.2) is 17.7 Å². The summed E-state index contributed by atoms with van der Waals surface area (Å²) in [5.41, 5.74) is -1.99. The van der Waals surface area contributed by atoms with Gasteiger partial charge in [-0.2, -0.15) is 0 Å². The molecule has 19 heavy (non-hydrogen) atoms. The van der Waals surface area contributed by atoms with Crippen molar-refractivity contribution in [3.05, 3.63) is 34.6 Å². The Labute approximate surface area is 110 Å². The van der Waals surface area contributed by atoms with Gasteiger partial charge in [-0.05, 0) is 13.0 Å². The lowest BCUT2D eigenvalue weighted by Crippen LogP contribution is -2.29. The SMILES string of the molecule is CCOC(=O)[C@@](F)(Cl)c1cc(CO)c(F)c(F)c1F. The standard InChI is InChI=1S/C11H9ClF4O3/c1-2-19-10(18)11(12,16)6-3-5(4-17)7(13)9(15)8(6)14/h3,17H,2,4H2,1H3/t11-/m1/s1. The topological polar surface area (TPSA) is 46.5 Å². The average molecular weight is 301 g/mol. The number of alkyl halides is 2. The van der Waals surface area contributed by atoms with Gasteiger partial charge in [0.15, 0.2) is 17.5 Å². The normalized spacial score (nSPS) is 14.1. The first-order chi connectivity index (χ1) is 8.77. The molecule has 1 atom stereocenters. The predicted molar refractivity (Wildman–Crippen MR) is 57.5 cm³/mol. The van der Waals surface area contributed by atoms with E-state index in [1.807, 2.05) is 0 Å². The number of halogens is 5. The number of aliphatic hydroxyl groups excluding tert-OH is 1. The Balaban J connectivity index is 3.42. The van der Waals surface area contributed by atoms with E-state index in [2.05, 4.69) is 4.74 Å². The molecule has 1 aromatic rings. The van der Waals surface area contributed by atoms with Crippen LogP contribution in [0.5, 0.6) is 0 Å². The predicted octanol–water partition coefficient (Wildman–Crippen LogP) is 2.52. The van der Waals surface area contributed by atoms with Gasteiger partial charge in [0.2, 0.25) is 0 Å². The molecule has 0 aliphatic carbocycles. The number of benzene rings is 1. The molecule has 1 aromatic carbocycles. The number of rotatable bonds is 4. The molecule has 0 saturated carbocycles. The molecule has 0 aromatic heterocycles. The van der Waals surface area contributed by atoms with Crippen LogP contribution in [0.15, 0.2) is 6.07 Å². The van der Waals surface area contributed by atoms with E-state index in [0.717, 1.165) is 0 Å². The van der Waals surface area contributed by atoms with Crippen LogP contribution in [0, 0.1) is 17.5 Å². The molecule has 8 heteroatoms. The molecule has 0 aliphatic rings. The Bertz CT molecular complexity index is 505. The molecule has 0 unspecified atom stereocenters. The van der Waals surface area contributed by atoms with Gasteiger partial charge in [0.05, 0.1) is 18.8 Å². The van der Waals surface area contributed by atoms with Gasteiger partial charge in [-0.15, -0.1) is 0 Å². The molecule has 0 radical (unpaired) electrons. The van der Waals surface area contributed by atoms with Crippen molar-refractivity contribution in [2.75, 3.05) is 6.61 Å². The summed E-state index contributed by atoms with van der Waals surface area (Å²) >= 11 is 5.20. The highest BCUT2D eigenvalue weighted by Crippen LogP contribution is 2.36. The van der Waals surface area contributed by atoms with Gasteiger partial charge in [-0.3, -0.25) is 0 Å². The zero-order valence-electron chi connectivity index (χ0n) is 9.65. The van der Waals surface area contributed by atoms with E-state index in [4.69, 9.17) is 16.7 Å². The van der Waals surface area contributed by atoms with Gasteiger partial charge >= 0.3 is 11.1 Å². The zero-order chi connectivity index (χ0) is 14.8. The van der Waals surface area contributed by atoms with E-state index in [-0.39, 0.29) is 6.61 Å². The first kappa shape index (κ1) is 15.7. The fourth-order valence-electron chi connectivity index (χ4n) is 1.33. The number of aliphatic hydroxyl groups is 1. The highest BCUT2D eigenvalue weighted by atomic mass is 35.5. The molecule has 0 aliphatic heterocycles. The van der Waals surface area contributed by atoms with Gasteiger partial charge in [0, 0.05) is 5.56 Å². The van der Waals surface area contributed by atoms with Crippen molar-refractivity contribution in [1.29, 1.82) is 0 Å². The Morgan fingerprint density at radius 3 is 2.42 bits per heavy atom. The van der Waals surface area contributed by atoms with Crippen molar-refractivity contribution in [3.8, 4) is 0 Å². The van der Waals surface area contributed by atoms with Crippen molar-refractivity contribution in [2.24, 2.45) is 0 Å². The fourth-order valence-corrected chi connectivity index (χ4v) is 1.52. The molecular weight excluding hydrogens is 292 g/mol. The summed E-state index contributed by atoms with van der Waals surface area (Å²) in [6.45, 7) is 0.0901. The molecule has 0 spiro atoms. The molecular formula is C11H9ClF4O3. The third-order valence-electron chi connectivity index (χ3n) is 2.26. The molecule has 0 amide bonds. The van der Waals surface area contributed by atoms with Crippen molar-refractivity contribution >= 4 is 17.6 Å². The van der Waals surface area contributed by atoms with E-state index in [9.17, 15) is 22.4 Å². The maximum Gasteiger partial charge on any atom is 0.364 e. The molecule has 0 bridgehead atoms. The summed E-state index contributed by atoms with van der Waals surface area (Å²) in [6, 6.07) is 0.428. The molecule has 0 saturated heterocycles. The summed E-state index contributed by atoms with van der Waals surface area (Å²) in [5.74, 6) is -7.33. The van der Waals surface area contributed by atoms with Crippen LogP contribution in [0.3, 0.4) is 0 Å². The number of hydrogen-bond donors (Lipinski definition) is 1. The maximum atomic E-state index is 14.0. The van der Waals surface area contributed by atoms with Crippen LogP contribution in [0.4, 0.5) is 17.6 Å². The van der Waals surface area contributed by atoms with Crippen molar-refractivity contribution in [2.45, 2.75) is 18.7 Å². The number of esters is 1. The third kappa shape index (κ3) is 2.82. The molecule has 1 rings (SSSR count). The van der Waals surface area contributed by atoms with E-state index in [0.29, 0.717) is 6.07 Å². The third-order valence-corrected chi connectivity index (χ3v) is 2.62. The summed E-state index contributed by atoms with van der Waals surface area (Å²) < 4.78 is 58.0. The minimum atomic E-state index is -3.52. The van der Waals surface area contributed by atoms with Crippen LogP contribution >= 0.6 is 11.6 Å². The van der Waals surface area contributed by atoms with Gasteiger partial charge in [-0.1, -0.05) is 11.6 Å². The number of carbonyl (C=O) groups excluding carboxylic acids is 1. The largest absolute Gasteiger partial charge is 0.462 e. The van der Waals surface area contributed by atoms with Crippen LogP contribution in [0.2, 0.25) is 0 Å². The Hall–Kier alpha value is -1.34. The monoisotopic (exact) mass is 300 g/mol. The highest BCUT2D eigenvalue weighted by molar-refractivity contribution is 6.32. The van der Waals surface area contributed by atoms with Gasteiger partial charge < -0.3 is 9.84 Å². The summed E-state index contributed by atoms with van der Waals surface area (Å²) in [4.78, 5) is 11.2.